The van der Waals surface area contributed by atoms with E-state index in [2.05, 4.69) is 15.3 Å². The highest BCUT2D eigenvalue weighted by molar-refractivity contribution is 6.04. The molecule has 0 saturated heterocycles. The number of H-pyrrole nitrogens is 1. The number of carbonyl (C=O) groups is 1. The molecule has 2 rings (SSSR count). The van der Waals surface area contributed by atoms with Crippen molar-refractivity contribution in [2.45, 2.75) is 0 Å². The van der Waals surface area contributed by atoms with Crippen molar-refractivity contribution in [1.82, 2.24) is 9.97 Å². The average Bonchev–Trinajstić information content (AvgIpc) is 2.59. The summed E-state index contributed by atoms with van der Waals surface area (Å²) in [6, 6.07) is 5.26. The number of primary amides is 1. The first kappa shape index (κ1) is 8.55. The molecule has 0 spiro atoms. The zero-order valence-electron chi connectivity index (χ0n) is 7.66. The molecule has 0 atom stereocenters. The molecule has 1 heterocycles. The Hall–Kier alpha value is -2.04. The Morgan fingerprint density at radius 1 is 1.57 bits per heavy atom. The van der Waals surface area contributed by atoms with Gasteiger partial charge in [-0.3, -0.25) is 4.79 Å². The summed E-state index contributed by atoms with van der Waals surface area (Å²) in [5.41, 5.74) is 7.05. The third-order valence-corrected chi connectivity index (χ3v) is 2.01. The van der Waals surface area contributed by atoms with Crippen LogP contribution in [0.1, 0.15) is 10.4 Å². The number of amides is 1. The maximum Gasteiger partial charge on any atom is 0.250 e. The number of nitrogens with zero attached hydrogens (tertiary/aromatic N) is 1. The largest absolute Gasteiger partial charge is 0.366 e. The second-order valence-corrected chi connectivity index (χ2v) is 2.90. The summed E-state index contributed by atoms with van der Waals surface area (Å²) < 4.78 is 0. The molecule has 1 amide bonds. The van der Waals surface area contributed by atoms with Crippen LogP contribution in [0, 0.1) is 0 Å². The van der Waals surface area contributed by atoms with Crippen LogP contribution in [-0.2, 0) is 0 Å². The molecule has 1 aromatic carbocycles. The molecule has 0 aliphatic carbocycles. The molecular weight excluding hydrogens is 180 g/mol. The monoisotopic (exact) mass is 190 g/mol. The van der Waals surface area contributed by atoms with Gasteiger partial charge in [0.05, 0.1) is 11.1 Å². The molecule has 0 saturated carbocycles. The van der Waals surface area contributed by atoms with Crippen molar-refractivity contribution in [2.75, 3.05) is 12.4 Å². The first-order chi connectivity index (χ1) is 6.72. The predicted octanol–water partition coefficient (Wildman–Crippen LogP) is 0.703. The minimum atomic E-state index is -0.468. The molecule has 0 aliphatic rings. The average molecular weight is 190 g/mol. The van der Waals surface area contributed by atoms with Crippen molar-refractivity contribution < 1.29 is 4.79 Å². The molecule has 1 aromatic heterocycles. The van der Waals surface area contributed by atoms with E-state index in [0.29, 0.717) is 17.0 Å². The van der Waals surface area contributed by atoms with E-state index in [0.717, 1.165) is 5.52 Å². The van der Waals surface area contributed by atoms with E-state index in [1.165, 1.54) is 0 Å². The second kappa shape index (κ2) is 3.02. The number of aromatic nitrogens is 2. The molecule has 0 fully saturated rings. The number of imidazole rings is 1. The Morgan fingerprint density at radius 2 is 2.36 bits per heavy atom. The fraction of sp³-hybridized carbons (Fsp3) is 0.111. The van der Waals surface area contributed by atoms with Gasteiger partial charge in [0, 0.05) is 7.05 Å². The number of nitrogens with two attached hydrogens (primary N) is 1. The van der Waals surface area contributed by atoms with Crippen molar-refractivity contribution in [3.05, 3.63) is 23.8 Å². The number of hydrogen-bond donors (Lipinski definition) is 3. The lowest BCUT2D eigenvalue weighted by atomic mass is 10.2. The van der Waals surface area contributed by atoms with Crippen LogP contribution in [0.3, 0.4) is 0 Å². The van der Waals surface area contributed by atoms with Gasteiger partial charge in [-0.05, 0) is 12.1 Å². The molecule has 72 valence electrons. The molecule has 5 nitrogen and oxygen atoms in total. The van der Waals surface area contributed by atoms with Gasteiger partial charge >= 0.3 is 0 Å². The Balaban J connectivity index is 2.73. The van der Waals surface area contributed by atoms with Crippen LogP contribution in [0.15, 0.2) is 18.2 Å². The number of rotatable bonds is 2. The third kappa shape index (κ3) is 1.19. The Bertz CT molecular complexity index is 489. The van der Waals surface area contributed by atoms with Crippen LogP contribution in [-0.4, -0.2) is 22.9 Å². The molecule has 0 unspecified atom stereocenters. The number of nitrogens with one attached hydrogen (secondary N) is 2. The summed E-state index contributed by atoms with van der Waals surface area (Å²) in [6.07, 6.45) is 0. The van der Waals surface area contributed by atoms with E-state index >= 15 is 0 Å². The summed E-state index contributed by atoms with van der Waals surface area (Å²) in [4.78, 5) is 18.3. The minimum absolute atomic E-state index is 0.431. The molecule has 5 heteroatoms. The van der Waals surface area contributed by atoms with Crippen molar-refractivity contribution in [3.63, 3.8) is 0 Å². The van der Waals surface area contributed by atoms with Crippen LogP contribution >= 0.6 is 0 Å². The van der Waals surface area contributed by atoms with Gasteiger partial charge in [0.2, 0.25) is 5.95 Å². The molecule has 0 radical (unpaired) electrons. The van der Waals surface area contributed by atoms with Crippen LogP contribution in [0.2, 0.25) is 0 Å². The van der Waals surface area contributed by atoms with E-state index in [1.54, 1.807) is 19.2 Å². The summed E-state index contributed by atoms with van der Waals surface area (Å²) in [5, 5.41) is 2.86. The highest BCUT2D eigenvalue weighted by Gasteiger charge is 2.09. The number of hydrogen-bond acceptors (Lipinski definition) is 3. The van der Waals surface area contributed by atoms with E-state index in [9.17, 15) is 4.79 Å². The number of carbonyl (C=O) groups excluding carboxylic acids is 1. The minimum Gasteiger partial charge on any atom is -0.366 e. The molecular formula is C9H10N4O. The smallest absolute Gasteiger partial charge is 0.250 e. The van der Waals surface area contributed by atoms with E-state index in [4.69, 9.17) is 5.73 Å². The number of para-hydroxylation sites is 1. The summed E-state index contributed by atoms with van der Waals surface area (Å²) in [7, 11) is 1.75. The number of benzene rings is 1. The lowest BCUT2D eigenvalue weighted by Gasteiger charge is -1.94. The first-order valence-corrected chi connectivity index (χ1v) is 4.18. The maximum absolute atomic E-state index is 11.1. The molecule has 4 N–H and O–H groups in total. The predicted molar refractivity (Wildman–Crippen MR) is 54.2 cm³/mol. The maximum atomic E-state index is 11.1. The van der Waals surface area contributed by atoms with E-state index in [1.807, 2.05) is 6.07 Å². The quantitative estimate of drug-likeness (QED) is 0.651. The van der Waals surface area contributed by atoms with Gasteiger partial charge in [0.25, 0.3) is 5.91 Å². The molecule has 14 heavy (non-hydrogen) atoms. The van der Waals surface area contributed by atoms with Gasteiger partial charge in [-0.2, -0.15) is 0 Å². The number of aromatic amines is 1. The summed E-state index contributed by atoms with van der Waals surface area (Å²) in [5.74, 6) is 0.151. The zero-order valence-corrected chi connectivity index (χ0v) is 7.66. The molecule has 0 bridgehead atoms. The van der Waals surface area contributed by atoms with E-state index < -0.39 is 5.91 Å². The summed E-state index contributed by atoms with van der Waals surface area (Å²) >= 11 is 0. The second-order valence-electron chi connectivity index (χ2n) is 2.90. The SMILES string of the molecule is CNc1nc2c(C(N)=O)cccc2[nH]1. The fourth-order valence-corrected chi connectivity index (χ4v) is 1.35. The van der Waals surface area contributed by atoms with Gasteiger partial charge in [0.15, 0.2) is 0 Å². The van der Waals surface area contributed by atoms with E-state index in [-0.39, 0.29) is 0 Å². The van der Waals surface area contributed by atoms with Crippen molar-refractivity contribution >= 4 is 22.9 Å². The zero-order chi connectivity index (χ0) is 10.1. The van der Waals surface area contributed by atoms with Crippen LogP contribution < -0.4 is 11.1 Å². The van der Waals surface area contributed by atoms with Crippen LogP contribution in [0.25, 0.3) is 11.0 Å². The fourth-order valence-electron chi connectivity index (χ4n) is 1.35. The van der Waals surface area contributed by atoms with Crippen molar-refractivity contribution in [1.29, 1.82) is 0 Å². The topological polar surface area (TPSA) is 83.8 Å². The normalized spacial score (nSPS) is 10.4. The first-order valence-electron chi connectivity index (χ1n) is 4.18. The lowest BCUT2D eigenvalue weighted by molar-refractivity contribution is 0.100. The van der Waals surface area contributed by atoms with Crippen molar-refractivity contribution in [2.24, 2.45) is 5.73 Å². The highest BCUT2D eigenvalue weighted by atomic mass is 16.1. The Morgan fingerprint density at radius 3 is 3.00 bits per heavy atom. The number of anilines is 1. The Kier molecular flexibility index (Phi) is 1.85. The van der Waals surface area contributed by atoms with Crippen LogP contribution in [0.4, 0.5) is 5.95 Å². The van der Waals surface area contributed by atoms with Crippen molar-refractivity contribution in [3.8, 4) is 0 Å². The van der Waals surface area contributed by atoms with Crippen LogP contribution in [0.5, 0.6) is 0 Å². The Labute approximate surface area is 80.3 Å². The standard InChI is InChI=1S/C9H10N4O/c1-11-9-12-6-4-2-3-5(8(10)14)7(6)13-9/h2-4H,1H3,(H2,10,14)(H2,11,12,13). The van der Waals surface area contributed by atoms with Gasteiger partial charge in [-0.1, -0.05) is 6.07 Å². The summed E-state index contributed by atoms with van der Waals surface area (Å²) in [6.45, 7) is 0. The van der Waals surface area contributed by atoms with Gasteiger partial charge in [-0.15, -0.1) is 0 Å². The lowest BCUT2D eigenvalue weighted by Crippen LogP contribution is -2.11. The van der Waals surface area contributed by atoms with Gasteiger partial charge in [0.1, 0.15) is 5.52 Å². The number of fused-ring (bicyclic) bond motifs is 1. The van der Waals surface area contributed by atoms with Gasteiger partial charge in [-0.25, -0.2) is 4.98 Å². The highest BCUT2D eigenvalue weighted by Crippen LogP contribution is 2.17. The molecule has 2 aromatic rings. The van der Waals surface area contributed by atoms with Gasteiger partial charge < -0.3 is 16.0 Å². The third-order valence-electron chi connectivity index (χ3n) is 2.01. The molecule has 0 aliphatic heterocycles.